The number of carbonyl (C=O) groups excluding carboxylic acids is 1. The molecule has 0 aromatic heterocycles. The standard InChI is InChI=1S/C17H20F6N2O/c1-25(10-11-5-7-12(8-6-11)16(18,19)20)15(26)24-14-4-2-3-13(9-14)17(21,22)23/h5-8,13-14H,2-4,9-10H2,1H3,(H,24,26)/t13-,14-/m0/s1. The van der Waals surface area contributed by atoms with Crippen LogP contribution in [0.1, 0.15) is 36.8 Å². The second kappa shape index (κ2) is 7.75. The maximum Gasteiger partial charge on any atom is 0.416 e. The van der Waals surface area contributed by atoms with Crippen LogP contribution in [0.5, 0.6) is 0 Å². The Bertz CT molecular complexity index is 611. The van der Waals surface area contributed by atoms with Crippen LogP contribution < -0.4 is 5.32 Å². The number of alkyl halides is 6. The first-order valence-electron chi connectivity index (χ1n) is 8.21. The van der Waals surface area contributed by atoms with Crippen molar-refractivity contribution < 1.29 is 31.1 Å². The fourth-order valence-electron chi connectivity index (χ4n) is 3.05. The minimum atomic E-state index is -4.43. The number of rotatable bonds is 3. The molecule has 1 aliphatic carbocycles. The fraction of sp³-hybridized carbons (Fsp3) is 0.588. The summed E-state index contributed by atoms with van der Waals surface area (Å²) in [7, 11) is 1.44. The van der Waals surface area contributed by atoms with Crippen molar-refractivity contribution in [3.8, 4) is 0 Å². The number of nitrogens with zero attached hydrogens (tertiary/aromatic N) is 1. The monoisotopic (exact) mass is 382 g/mol. The van der Waals surface area contributed by atoms with Crippen LogP contribution in [0.4, 0.5) is 31.1 Å². The van der Waals surface area contributed by atoms with Crippen LogP contribution in [0.15, 0.2) is 24.3 Å². The van der Waals surface area contributed by atoms with Crippen molar-refractivity contribution >= 4 is 6.03 Å². The highest BCUT2D eigenvalue weighted by atomic mass is 19.4. The Balaban J connectivity index is 1.89. The lowest BCUT2D eigenvalue weighted by Crippen LogP contribution is -2.46. The summed E-state index contributed by atoms with van der Waals surface area (Å²) in [5.74, 6) is -1.42. The van der Waals surface area contributed by atoms with E-state index in [0.717, 1.165) is 12.1 Å². The van der Waals surface area contributed by atoms with Crippen LogP contribution in [-0.2, 0) is 12.7 Å². The van der Waals surface area contributed by atoms with Crippen molar-refractivity contribution in [1.82, 2.24) is 10.2 Å². The minimum absolute atomic E-state index is 0.0550. The average molecular weight is 382 g/mol. The van der Waals surface area contributed by atoms with Crippen LogP contribution in [0.25, 0.3) is 0 Å². The highest BCUT2D eigenvalue weighted by Gasteiger charge is 2.42. The van der Waals surface area contributed by atoms with Crippen molar-refractivity contribution in [3.05, 3.63) is 35.4 Å². The van der Waals surface area contributed by atoms with E-state index >= 15 is 0 Å². The molecule has 0 unspecified atom stereocenters. The normalized spacial score (nSPS) is 21.3. The molecule has 0 bridgehead atoms. The number of hydrogen-bond acceptors (Lipinski definition) is 1. The van der Waals surface area contributed by atoms with E-state index < -0.39 is 35.9 Å². The average Bonchev–Trinajstić information content (AvgIpc) is 2.54. The summed E-state index contributed by atoms with van der Waals surface area (Å²) in [5.41, 5.74) is -0.291. The predicted molar refractivity (Wildman–Crippen MR) is 83.2 cm³/mol. The summed E-state index contributed by atoms with van der Waals surface area (Å²) in [4.78, 5) is 13.4. The van der Waals surface area contributed by atoms with Gasteiger partial charge in [0.05, 0.1) is 11.5 Å². The van der Waals surface area contributed by atoms with E-state index in [0.29, 0.717) is 18.4 Å². The first kappa shape index (κ1) is 20.4. The molecule has 0 aliphatic heterocycles. The summed E-state index contributed by atoms with van der Waals surface area (Å²) in [6.07, 6.45) is -7.92. The highest BCUT2D eigenvalue weighted by molar-refractivity contribution is 5.74. The number of urea groups is 1. The predicted octanol–water partition coefficient (Wildman–Crippen LogP) is 4.97. The number of amides is 2. The van der Waals surface area contributed by atoms with Crippen LogP contribution in [-0.4, -0.2) is 30.2 Å². The van der Waals surface area contributed by atoms with Crippen LogP contribution in [0.2, 0.25) is 0 Å². The Morgan fingerprint density at radius 2 is 1.73 bits per heavy atom. The van der Waals surface area contributed by atoms with Crippen molar-refractivity contribution in [3.63, 3.8) is 0 Å². The number of halogens is 6. The van der Waals surface area contributed by atoms with E-state index in [1.807, 2.05) is 0 Å². The molecule has 2 amide bonds. The Morgan fingerprint density at radius 3 is 2.27 bits per heavy atom. The molecule has 26 heavy (non-hydrogen) atoms. The number of hydrogen-bond donors (Lipinski definition) is 1. The molecule has 2 rings (SSSR count). The lowest BCUT2D eigenvalue weighted by atomic mass is 9.85. The van der Waals surface area contributed by atoms with E-state index in [2.05, 4.69) is 5.32 Å². The SMILES string of the molecule is CN(Cc1ccc(C(F)(F)F)cc1)C(=O)N[C@H]1CCC[C@H](C(F)(F)F)C1. The van der Waals surface area contributed by atoms with Gasteiger partial charge in [0.2, 0.25) is 0 Å². The quantitative estimate of drug-likeness (QED) is 0.736. The maximum atomic E-state index is 12.8. The Labute approximate surface area is 147 Å². The Morgan fingerprint density at radius 1 is 1.12 bits per heavy atom. The fourth-order valence-corrected chi connectivity index (χ4v) is 3.05. The third-order valence-electron chi connectivity index (χ3n) is 4.51. The van der Waals surface area contributed by atoms with Gasteiger partial charge in [-0.05, 0) is 37.0 Å². The highest BCUT2D eigenvalue weighted by Crippen LogP contribution is 2.37. The van der Waals surface area contributed by atoms with Gasteiger partial charge in [-0.1, -0.05) is 18.6 Å². The summed E-state index contributed by atoms with van der Waals surface area (Å²) in [5, 5.41) is 2.58. The van der Waals surface area contributed by atoms with Gasteiger partial charge in [0, 0.05) is 19.6 Å². The molecule has 1 aromatic rings. The van der Waals surface area contributed by atoms with Gasteiger partial charge in [0.1, 0.15) is 0 Å². The van der Waals surface area contributed by atoms with E-state index in [1.165, 1.54) is 24.1 Å². The molecule has 9 heteroatoms. The third kappa shape index (κ3) is 5.54. The topological polar surface area (TPSA) is 32.3 Å². The summed E-state index contributed by atoms with van der Waals surface area (Å²) in [6.45, 7) is 0.0550. The van der Waals surface area contributed by atoms with Gasteiger partial charge in [0.15, 0.2) is 0 Å². The van der Waals surface area contributed by atoms with Gasteiger partial charge in [-0.25, -0.2) is 4.79 Å². The maximum absolute atomic E-state index is 12.8. The van der Waals surface area contributed by atoms with E-state index in [1.54, 1.807) is 0 Å². The first-order chi connectivity index (χ1) is 12.0. The molecule has 1 fully saturated rings. The second-order valence-electron chi connectivity index (χ2n) is 6.60. The number of carbonyl (C=O) groups is 1. The summed E-state index contributed by atoms with van der Waals surface area (Å²) < 4.78 is 76.0. The van der Waals surface area contributed by atoms with E-state index in [-0.39, 0.29) is 19.4 Å². The van der Waals surface area contributed by atoms with Crippen molar-refractivity contribution in [2.45, 2.75) is 50.6 Å². The molecule has 1 N–H and O–H groups in total. The molecule has 0 saturated heterocycles. The molecule has 1 aliphatic rings. The molecule has 1 saturated carbocycles. The van der Waals surface area contributed by atoms with Crippen molar-refractivity contribution in [2.75, 3.05) is 7.05 Å². The Kier molecular flexibility index (Phi) is 6.08. The van der Waals surface area contributed by atoms with Gasteiger partial charge in [-0.2, -0.15) is 26.3 Å². The molecule has 1 aromatic carbocycles. The summed E-state index contributed by atoms with van der Waals surface area (Å²) in [6, 6.07) is 3.29. The number of benzene rings is 1. The second-order valence-corrected chi connectivity index (χ2v) is 6.60. The largest absolute Gasteiger partial charge is 0.416 e. The molecule has 0 spiro atoms. The van der Waals surface area contributed by atoms with Gasteiger partial charge < -0.3 is 10.2 Å². The van der Waals surface area contributed by atoms with Gasteiger partial charge in [-0.3, -0.25) is 0 Å². The van der Waals surface area contributed by atoms with Crippen molar-refractivity contribution in [2.24, 2.45) is 5.92 Å². The van der Waals surface area contributed by atoms with E-state index in [9.17, 15) is 31.1 Å². The van der Waals surface area contributed by atoms with Gasteiger partial charge in [-0.15, -0.1) is 0 Å². The molecule has 146 valence electrons. The van der Waals surface area contributed by atoms with Crippen LogP contribution in [0.3, 0.4) is 0 Å². The Hall–Kier alpha value is -1.93. The van der Waals surface area contributed by atoms with Gasteiger partial charge >= 0.3 is 18.4 Å². The molecule has 2 atom stereocenters. The molecule has 0 radical (unpaired) electrons. The van der Waals surface area contributed by atoms with Crippen molar-refractivity contribution in [1.29, 1.82) is 0 Å². The van der Waals surface area contributed by atoms with Crippen LogP contribution >= 0.6 is 0 Å². The number of nitrogens with one attached hydrogen (secondary N) is 1. The van der Waals surface area contributed by atoms with Gasteiger partial charge in [0.25, 0.3) is 0 Å². The lowest BCUT2D eigenvalue weighted by Gasteiger charge is -2.32. The third-order valence-corrected chi connectivity index (χ3v) is 4.51. The zero-order valence-electron chi connectivity index (χ0n) is 14.1. The first-order valence-corrected chi connectivity index (χ1v) is 8.21. The zero-order valence-corrected chi connectivity index (χ0v) is 14.1. The molecular weight excluding hydrogens is 362 g/mol. The zero-order chi connectivity index (χ0) is 19.5. The van der Waals surface area contributed by atoms with Crippen LogP contribution in [0, 0.1) is 5.92 Å². The molecule has 0 heterocycles. The smallest absolute Gasteiger partial charge is 0.335 e. The molecule has 3 nitrogen and oxygen atoms in total. The minimum Gasteiger partial charge on any atom is -0.335 e. The molecular formula is C17H20F6N2O. The lowest BCUT2D eigenvalue weighted by molar-refractivity contribution is -0.183. The summed E-state index contributed by atoms with van der Waals surface area (Å²) >= 11 is 0. The van der Waals surface area contributed by atoms with E-state index in [4.69, 9.17) is 0 Å².